The minimum atomic E-state index is 0.278. The fourth-order valence-corrected chi connectivity index (χ4v) is 1.93. The van der Waals surface area contributed by atoms with Gasteiger partial charge in [-0.3, -0.25) is 9.67 Å². The van der Waals surface area contributed by atoms with Gasteiger partial charge in [0.25, 0.3) is 0 Å². The number of aromatic amines is 1. The lowest BCUT2D eigenvalue weighted by molar-refractivity contribution is 0.533. The predicted molar refractivity (Wildman–Crippen MR) is 60.2 cm³/mol. The minimum absolute atomic E-state index is 0.278. The van der Waals surface area contributed by atoms with E-state index >= 15 is 0 Å². The zero-order chi connectivity index (χ0) is 11.0. The summed E-state index contributed by atoms with van der Waals surface area (Å²) in [6.45, 7) is 6.06. The smallest absolute Gasteiger partial charge is 0.195 e. The summed E-state index contributed by atoms with van der Waals surface area (Å²) in [6.07, 6.45) is 1.66. The fraction of sp³-hybridized carbons (Fsp3) is 0.400. The van der Waals surface area contributed by atoms with E-state index in [2.05, 4.69) is 24.0 Å². The second-order valence-electron chi connectivity index (χ2n) is 3.71. The van der Waals surface area contributed by atoms with E-state index in [9.17, 15) is 0 Å². The lowest BCUT2D eigenvalue weighted by atomic mass is 10.2. The molecular weight excluding hydrogens is 210 g/mol. The molecule has 0 aromatic carbocycles. The van der Waals surface area contributed by atoms with Gasteiger partial charge in [-0.05, 0) is 39.1 Å². The summed E-state index contributed by atoms with van der Waals surface area (Å²) in [5.41, 5.74) is 0.982. The number of hydrogen-bond donors (Lipinski definition) is 1. The zero-order valence-corrected chi connectivity index (χ0v) is 9.76. The molecule has 0 unspecified atom stereocenters. The van der Waals surface area contributed by atoms with Crippen LogP contribution < -0.4 is 0 Å². The van der Waals surface area contributed by atoms with E-state index in [1.807, 2.05) is 17.6 Å². The monoisotopic (exact) mass is 223 g/mol. The molecule has 0 fully saturated rings. The highest BCUT2D eigenvalue weighted by Gasteiger charge is 2.14. The third kappa shape index (κ3) is 1.63. The molecule has 0 amide bonds. The Balaban J connectivity index is 2.64. The first-order valence-electron chi connectivity index (χ1n) is 4.82. The van der Waals surface area contributed by atoms with Crippen LogP contribution in [0.25, 0.3) is 11.4 Å². The van der Waals surface area contributed by atoms with Gasteiger partial charge in [0, 0.05) is 6.04 Å². The van der Waals surface area contributed by atoms with E-state index in [4.69, 9.17) is 16.6 Å². The molecule has 4 nitrogen and oxygen atoms in total. The van der Waals surface area contributed by atoms with Crippen molar-refractivity contribution in [3.8, 4) is 11.4 Å². The van der Waals surface area contributed by atoms with Crippen molar-refractivity contribution in [1.29, 1.82) is 0 Å². The van der Waals surface area contributed by atoms with Crippen LogP contribution in [0, 0.1) is 11.7 Å². The van der Waals surface area contributed by atoms with Crippen molar-refractivity contribution in [2.75, 3.05) is 0 Å². The van der Waals surface area contributed by atoms with Crippen LogP contribution in [0.3, 0.4) is 0 Å². The van der Waals surface area contributed by atoms with Gasteiger partial charge in [-0.15, -0.1) is 0 Å². The first-order valence-corrected chi connectivity index (χ1v) is 5.23. The van der Waals surface area contributed by atoms with Crippen molar-refractivity contribution >= 4 is 12.2 Å². The number of H-pyrrole nitrogens is 1. The number of furan rings is 1. The molecular formula is C10H13N3OS. The van der Waals surface area contributed by atoms with Crippen molar-refractivity contribution in [2.45, 2.75) is 26.8 Å². The normalized spacial score (nSPS) is 11.2. The van der Waals surface area contributed by atoms with Gasteiger partial charge in [0.15, 0.2) is 10.6 Å². The summed E-state index contributed by atoms with van der Waals surface area (Å²) in [4.78, 5) is 0. The maximum Gasteiger partial charge on any atom is 0.195 e. The van der Waals surface area contributed by atoms with Gasteiger partial charge in [-0.2, -0.15) is 5.10 Å². The maximum atomic E-state index is 5.26. The summed E-state index contributed by atoms with van der Waals surface area (Å²) < 4.78 is 7.88. The topological polar surface area (TPSA) is 46.8 Å². The Morgan fingerprint density at radius 3 is 2.80 bits per heavy atom. The van der Waals surface area contributed by atoms with E-state index in [-0.39, 0.29) is 6.04 Å². The molecule has 5 heteroatoms. The molecule has 0 saturated carbocycles. The maximum absolute atomic E-state index is 5.26. The molecule has 15 heavy (non-hydrogen) atoms. The van der Waals surface area contributed by atoms with Gasteiger partial charge < -0.3 is 4.42 Å². The van der Waals surface area contributed by atoms with Crippen LogP contribution in [0.15, 0.2) is 16.7 Å². The first kappa shape index (κ1) is 10.2. The molecule has 0 spiro atoms. The van der Waals surface area contributed by atoms with Crippen LogP contribution in [0.5, 0.6) is 0 Å². The quantitative estimate of drug-likeness (QED) is 0.796. The molecule has 0 radical (unpaired) electrons. The summed E-state index contributed by atoms with van der Waals surface area (Å²) in [5.74, 6) is 1.69. The highest BCUT2D eigenvalue weighted by molar-refractivity contribution is 7.71. The molecule has 0 aliphatic heterocycles. The summed E-state index contributed by atoms with van der Waals surface area (Å²) in [7, 11) is 0. The number of hydrogen-bond acceptors (Lipinski definition) is 3. The molecule has 2 aromatic heterocycles. The lowest BCUT2D eigenvalue weighted by Gasteiger charge is -2.09. The highest BCUT2D eigenvalue weighted by atomic mass is 32.1. The van der Waals surface area contributed by atoms with Crippen LogP contribution >= 0.6 is 12.2 Å². The van der Waals surface area contributed by atoms with Crippen molar-refractivity contribution in [2.24, 2.45) is 0 Å². The first-order chi connectivity index (χ1) is 7.11. The highest BCUT2D eigenvalue weighted by Crippen LogP contribution is 2.24. The third-order valence-corrected chi connectivity index (χ3v) is 2.61. The predicted octanol–water partition coefficient (Wildman–Crippen LogP) is 3.09. The van der Waals surface area contributed by atoms with Gasteiger partial charge in [0.05, 0.1) is 11.8 Å². The standard InChI is InChI=1S/C10H13N3OS/c1-6(2)13-9(11-12-10(13)15)8-4-5-14-7(8)3/h4-6H,1-3H3,(H,12,15). The van der Waals surface area contributed by atoms with Crippen LogP contribution in [-0.2, 0) is 0 Å². The Hall–Kier alpha value is -1.36. The summed E-state index contributed by atoms with van der Waals surface area (Å²) >= 11 is 5.18. The number of aromatic nitrogens is 3. The van der Waals surface area contributed by atoms with Crippen molar-refractivity contribution in [3.63, 3.8) is 0 Å². The van der Waals surface area contributed by atoms with Crippen molar-refractivity contribution in [3.05, 3.63) is 22.9 Å². The van der Waals surface area contributed by atoms with E-state index in [0.29, 0.717) is 4.77 Å². The Bertz CT molecular complexity index is 521. The average Bonchev–Trinajstić information content (AvgIpc) is 2.71. The Morgan fingerprint density at radius 2 is 2.27 bits per heavy atom. The molecule has 1 N–H and O–H groups in total. The molecule has 80 valence electrons. The molecule has 0 saturated heterocycles. The lowest BCUT2D eigenvalue weighted by Crippen LogP contribution is -2.03. The van der Waals surface area contributed by atoms with Crippen molar-refractivity contribution in [1.82, 2.24) is 14.8 Å². The largest absolute Gasteiger partial charge is 0.469 e. The van der Waals surface area contributed by atoms with Gasteiger partial charge >= 0.3 is 0 Å². The fourth-order valence-electron chi connectivity index (χ4n) is 1.59. The number of aryl methyl sites for hydroxylation is 1. The summed E-state index contributed by atoms with van der Waals surface area (Å²) in [5, 5.41) is 7.03. The van der Waals surface area contributed by atoms with Gasteiger partial charge in [0.2, 0.25) is 0 Å². The minimum Gasteiger partial charge on any atom is -0.469 e. The van der Waals surface area contributed by atoms with Gasteiger partial charge in [-0.25, -0.2) is 0 Å². The van der Waals surface area contributed by atoms with Crippen LogP contribution in [0.4, 0.5) is 0 Å². The van der Waals surface area contributed by atoms with Crippen LogP contribution in [0.1, 0.15) is 25.6 Å². The molecule has 2 rings (SSSR count). The zero-order valence-electron chi connectivity index (χ0n) is 8.94. The molecule has 2 heterocycles. The van der Waals surface area contributed by atoms with Gasteiger partial charge in [-0.1, -0.05) is 0 Å². The van der Waals surface area contributed by atoms with E-state index in [1.165, 1.54) is 0 Å². The summed E-state index contributed by atoms with van der Waals surface area (Å²) in [6, 6.07) is 2.18. The third-order valence-electron chi connectivity index (χ3n) is 2.32. The molecule has 2 aromatic rings. The van der Waals surface area contributed by atoms with Crippen molar-refractivity contribution < 1.29 is 4.42 Å². The number of rotatable bonds is 2. The Kier molecular flexibility index (Phi) is 2.48. The van der Waals surface area contributed by atoms with Crippen LogP contribution in [-0.4, -0.2) is 14.8 Å². The number of nitrogens with zero attached hydrogens (tertiary/aromatic N) is 2. The molecule has 0 atom stereocenters. The molecule has 0 aliphatic rings. The van der Waals surface area contributed by atoms with Crippen LogP contribution in [0.2, 0.25) is 0 Å². The molecule has 0 bridgehead atoms. The SMILES string of the molecule is Cc1occc1-c1n[nH]c(=S)n1C(C)C. The molecule has 0 aliphatic carbocycles. The Morgan fingerprint density at radius 1 is 1.53 bits per heavy atom. The van der Waals surface area contributed by atoms with E-state index in [0.717, 1.165) is 17.1 Å². The average molecular weight is 223 g/mol. The second-order valence-corrected chi connectivity index (χ2v) is 4.09. The second kappa shape index (κ2) is 3.66. The Labute approximate surface area is 92.9 Å². The van der Waals surface area contributed by atoms with E-state index < -0.39 is 0 Å². The van der Waals surface area contributed by atoms with Gasteiger partial charge in [0.1, 0.15) is 5.76 Å². The number of nitrogens with one attached hydrogen (secondary N) is 1. The van der Waals surface area contributed by atoms with E-state index in [1.54, 1.807) is 6.26 Å².